The standard InChI is InChI=1S/C20H25NO5/c1-13-17(20(23)24-2)21-18(26-13)15-8-10-16(11-9-15)19(22)25-12-14-6-4-3-5-7-14/h3-7,13,15-17H,8-12H2,1-2H3. The Morgan fingerprint density at radius 3 is 2.46 bits per heavy atom. The van der Waals surface area contributed by atoms with Crippen molar-refractivity contribution in [2.45, 2.75) is 51.4 Å². The first-order valence-electron chi connectivity index (χ1n) is 9.11. The smallest absolute Gasteiger partial charge is 0.334 e. The molecule has 1 aliphatic heterocycles. The van der Waals surface area contributed by atoms with Gasteiger partial charge in [-0.2, -0.15) is 0 Å². The number of aliphatic imine (C=N–C) groups is 1. The molecule has 0 spiro atoms. The first kappa shape index (κ1) is 18.4. The number of nitrogens with zero attached hydrogens (tertiary/aromatic N) is 1. The molecule has 1 aromatic rings. The van der Waals surface area contributed by atoms with Gasteiger partial charge in [0.15, 0.2) is 11.9 Å². The van der Waals surface area contributed by atoms with Crippen LogP contribution in [0.1, 0.15) is 38.2 Å². The SMILES string of the molecule is COC(=O)C1N=C(C2CCC(C(=O)OCc3ccccc3)CC2)OC1C. The number of hydrogen-bond acceptors (Lipinski definition) is 6. The average Bonchev–Trinajstić information content (AvgIpc) is 3.08. The van der Waals surface area contributed by atoms with Crippen molar-refractivity contribution in [1.82, 2.24) is 0 Å². The lowest BCUT2D eigenvalue weighted by Crippen LogP contribution is -2.29. The van der Waals surface area contributed by atoms with Gasteiger partial charge in [0.2, 0.25) is 0 Å². The number of hydrogen-bond donors (Lipinski definition) is 0. The Kier molecular flexibility index (Phi) is 5.91. The Morgan fingerprint density at radius 1 is 1.12 bits per heavy atom. The van der Waals surface area contributed by atoms with E-state index in [0.29, 0.717) is 12.5 Å². The van der Waals surface area contributed by atoms with E-state index in [0.717, 1.165) is 31.2 Å². The van der Waals surface area contributed by atoms with E-state index in [4.69, 9.17) is 14.2 Å². The molecule has 0 radical (unpaired) electrons. The van der Waals surface area contributed by atoms with E-state index in [1.165, 1.54) is 7.11 Å². The third kappa shape index (κ3) is 4.23. The number of carbonyl (C=O) groups excluding carboxylic acids is 2. The molecular formula is C20H25NO5. The van der Waals surface area contributed by atoms with E-state index in [-0.39, 0.29) is 29.9 Å². The van der Waals surface area contributed by atoms with Crippen LogP contribution in [0.3, 0.4) is 0 Å². The first-order valence-corrected chi connectivity index (χ1v) is 9.11. The van der Waals surface area contributed by atoms with Crippen LogP contribution in [0.5, 0.6) is 0 Å². The van der Waals surface area contributed by atoms with E-state index in [2.05, 4.69) is 4.99 Å². The molecule has 0 bridgehead atoms. The Bertz CT molecular complexity index is 664. The van der Waals surface area contributed by atoms with Crippen LogP contribution < -0.4 is 0 Å². The lowest BCUT2D eigenvalue weighted by molar-refractivity contribution is -0.151. The van der Waals surface area contributed by atoms with Gasteiger partial charge < -0.3 is 14.2 Å². The average molecular weight is 359 g/mol. The largest absolute Gasteiger partial charge is 0.475 e. The highest BCUT2D eigenvalue weighted by molar-refractivity contribution is 5.87. The summed E-state index contributed by atoms with van der Waals surface area (Å²) in [6.45, 7) is 2.14. The normalized spacial score (nSPS) is 28.0. The monoisotopic (exact) mass is 359 g/mol. The van der Waals surface area contributed by atoms with Crippen LogP contribution in [0.4, 0.5) is 0 Å². The molecule has 0 saturated heterocycles. The topological polar surface area (TPSA) is 74.2 Å². The van der Waals surface area contributed by atoms with Gasteiger partial charge in [0.1, 0.15) is 12.7 Å². The van der Waals surface area contributed by atoms with Crippen molar-refractivity contribution < 1.29 is 23.8 Å². The molecule has 1 heterocycles. The molecular weight excluding hydrogens is 334 g/mol. The zero-order chi connectivity index (χ0) is 18.5. The molecule has 1 fully saturated rings. The van der Waals surface area contributed by atoms with Crippen molar-refractivity contribution in [3.8, 4) is 0 Å². The Labute approximate surface area is 153 Å². The Hall–Kier alpha value is -2.37. The highest BCUT2D eigenvalue weighted by atomic mass is 16.5. The summed E-state index contributed by atoms with van der Waals surface area (Å²) in [5.41, 5.74) is 0.992. The summed E-state index contributed by atoms with van der Waals surface area (Å²) >= 11 is 0. The van der Waals surface area contributed by atoms with Gasteiger partial charge in [-0.3, -0.25) is 4.79 Å². The molecule has 26 heavy (non-hydrogen) atoms. The summed E-state index contributed by atoms with van der Waals surface area (Å²) < 4.78 is 16.0. The quantitative estimate of drug-likeness (QED) is 0.756. The van der Waals surface area contributed by atoms with Crippen LogP contribution in [0.15, 0.2) is 35.3 Å². The van der Waals surface area contributed by atoms with Gasteiger partial charge in [-0.1, -0.05) is 30.3 Å². The van der Waals surface area contributed by atoms with Gasteiger partial charge in [0.25, 0.3) is 0 Å². The van der Waals surface area contributed by atoms with Gasteiger partial charge >= 0.3 is 11.9 Å². The highest BCUT2D eigenvalue weighted by Gasteiger charge is 2.38. The maximum atomic E-state index is 12.3. The summed E-state index contributed by atoms with van der Waals surface area (Å²) in [5, 5.41) is 0. The van der Waals surface area contributed by atoms with Crippen molar-refractivity contribution in [1.29, 1.82) is 0 Å². The molecule has 1 aromatic carbocycles. The van der Waals surface area contributed by atoms with E-state index in [9.17, 15) is 9.59 Å². The predicted octanol–water partition coefficient (Wildman–Crippen LogP) is 2.90. The van der Waals surface area contributed by atoms with Crippen LogP contribution in [-0.2, 0) is 30.4 Å². The molecule has 2 aliphatic rings. The molecule has 1 aliphatic carbocycles. The second kappa shape index (κ2) is 8.34. The summed E-state index contributed by atoms with van der Waals surface area (Å²) in [6, 6.07) is 9.10. The Balaban J connectivity index is 1.48. The Morgan fingerprint density at radius 2 is 1.81 bits per heavy atom. The van der Waals surface area contributed by atoms with Crippen LogP contribution in [0, 0.1) is 11.8 Å². The number of methoxy groups -OCH3 is 1. The van der Waals surface area contributed by atoms with E-state index in [1.807, 2.05) is 37.3 Å². The summed E-state index contributed by atoms with van der Waals surface area (Å²) in [6.07, 6.45) is 2.82. The van der Waals surface area contributed by atoms with E-state index in [1.54, 1.807) is 0 Å². The lowest BCUT2D eigenvalue weighted by Gasteiger charge is -2.27. The van der Waals surface area contributed by atoms with Gasteiger partial charge in [-0.25, -0.2) is 9.79 Å². The fourth-order valence-electron chi connectivity index (χ4n) is 3.52. The summed E-state index contributed by atoms with van der Waals surface area (Å²) in [4.78, 5) is 28.4. The highest BCUT2D eigenvalue weighted by Crippen LogP contribution is 2.33. The number of carbonyl (C=O) groups is 2. The molecule has 2 atom stereocenters. The van der Waals surface area contributed by atoms with Crippen LogP contribution >= 0.6 is 0 Å². The molecule has 6 heteroatoms. The van der Waals surface area contributed by atoms with Crippen molar-refractivity contribution in [3.63, 3.8) is 0 Å². The van der Waals surface area contributed by atoms with Gasteiger partial charge in [0.05, 0.1) is 13.0 Å². The molecule has 0 amide bonds. The number of ether oxygens (including phenoxy) is 3. The number of rotatable bonds is 5. The fourth-order valence-corrected chi connectivity index (χ4v) is 3.52. The molecule has 6 nitrogen and oxygen atoms in total. The second-order valence-corrected chi connectivity index (χ2v) is 6.90. The fraction of sp³-hybridized carbons (Fsp3) is 0.550. The van der Waals surface area contributed by atoms with Crippen molar-refractivity contribution >= 4 is 17.8 Å². The minimum atomic E-state index is -0.580. The molecule has 2 unspecified atom stereocenters. The second-order valence-electron chi connectivity index (χ2n) is 6.90. The van der Waals surface area contributed by atoms with Gasteiger partial charge in [-0.05, 0) is 38.2 Å². The molecule has 3 rings (SSSR count). The van der Waals surface area contributed by atoms with Crippen molar-refractivity contribution in [2.75, 3.05) is 7.11 Å². The maximum absolute atomic E-state index is 12.3. The zero-order valence-corrected chi connectivity index (χ0v) is 15.2. The summed E-state index contributed by atoms with van der Waals surface area (Å²) in [7, 11) is 1.36. The van der Waals surface area contributed by atoms with Crippen LogP contribution in [0.2, 0.25) is 0 Å². The summed E-state index contributed by atoms with van der Waals surface area (Å²) in [5.74, 6) is 0.202. The minimum Gasteiger partial charge on any atom is -0.475 e. The zero-order valence-electron chi connectivity index (χ0n) is 15.2. The van der Waals surface area contributed by atoms with Crippen LogP contribution in [0.25, 0.3) is 0 Å². The first-order chi connectivity index (χ1) is 12.6. The molecule has 0 N–H and O–H groups in total. The molecule has 0 aromatic heterocycles. The van der Waals surface area contributed by atoms with Crippen molar-refractivity contribution in [3.05, 3.63) is 35.9 Å². The number of esters is 2. The molecule has 1 saturated carbocycles. The predicted molar refractivity (Wildman–Crippen MR) is 95.5 cm³/mol. The van der Waals surface area contributed by atoms with E-state index >= 15 is 0 Å². The molecule has 140 valence electrons. The maximum Gasteiger partial charge on any atom is 0.334 e. The van der Waals surface area contributed by atoms with Gasteiger partial charge in [-0.15, -0.1) is 0 Å². The lowest BCUT2D eigenvalue weighted by atomic mass is 9.82. The minimum absolute atomic E-state index is 0.0780. The number of benzene rings is 1. The van der Waals surface area contributed by atoms with Gasteiger partial charge in [0, 0.05) is 5.92 Å². The van der Waals surface area contributed by atoms with E-state index < -0.39 is 6.04 Å². The van der Waals surface area contributed by atoms with Crippen molar-refractivity contribution in [2.24, 2.45) is 16.8 Å². The third-order valence-corrected chi connectivity index (χ3v) is 5.09. The third-order valence-electron chi connectivity index (χ3n) is 5.09. The van der Waals surface area contributed by atoms with Crippen LogP contribution in [-0.4, -0.2) is 37.1 Å².